The molecule has 0 saturated heterocycles. The Morgan fingerprint density at radius 1 is 1.53 bits per heavy atom. The molecule has 0 amide bonds. The van der Waals surface area contributed by atoms with Crippen LogP contribution in [0.2, 0.25) is 0 Å². The van der Waals surface area contributed by atoms with Crippen LogP contribution in [0.5, 0.6) is 5.75 Å². The number of sulfonamides is 1. The number of hydrogen-bond acceptors (Lipinski definition) is 4. The molecule has 0 fully saturated rings. The summed E-state index contributed by atoms with van der Waals surface area (Å²) in [5.74, 6) is -0.247. The van der Waals surface area contributed by atoms with Crippen LogP contribution in [0.1, 0.15) is 12.1 Å². The van der Waals surface area contributed by atoms with Gasteiger partial charge in [0.25, 0.3) is 6.43 Å². The zero-order valence-corrected chi connectivity index (χ0v) is 8.46. The van der Waals surface area contributed by atoms with E-state index in [1.165, 1.54) is 0 Å². The van der Waals surface area contributed by atoms with Crippen molar-refractivity contribution >= 4 is 10.0 Å². The van der Waals surface area contributed by atoms with Gasteiger partial charge in [-0.1, -0.05) is 0 Å². The fourth-order valence-corrected chi connectivity index (χ4v) is 1.55. The Labute approximate surface area is 84.9 Å². The van der Waals surface area contributed by atoms with Crippen molar-refractivity contribution in [3.63, 3.8) is 0 Å². The average molecular weight is 238 g/mol. The topological polar surface area (TPSA) is 82.3 Å². The molecule has 0 unspecified atom stereocenters. The lowest BCUT2D eigenvalue weighted by atomic mass is 10.3. The summed E-state index contributed by atoms with van der Waals surface area (Å²) in [5, 5.41) is 4.82. The maximum absolute atomic E-state index is 12.2. The van der Waals surface area contributed by atoms with E-state index in [9.17, 15) is 17.2 Å². The van der Waals surface area contributed by atoms with Gasteiger partial charge in [-0.15, -0.1) is 0 Å². The van der Waals surface area contributed by atoms with Crippen molar-refractivity contribution in [2.75, 3.05) is 7.11 Å². The smallest absolute Gasteiger partial charge is 0.280 e. The van der Waals surface area contributed by atoms with Crippen molar-refractivity contribution in [2.45, 2.75) is 11.3 Å². The van der Waals surface area contributed by atoms with Gasteiger partial charge in [-0.3, -0.25) is 4.98 Å². The molecule has 1 aromatic rings. The van der Waals surface area contributed by atoms with Crippen molar-refractivity contribution in [3.05, 3.63) is 18.0 Å². The van der Waals surface area contributed by atoms with Crippen LogP contribution in [0.25, 0.3) is 0 Å². The first-order valence-electron chi connectivity index (χ1n) is 3.71. The highest BCUT2D eigenvalue weighted by Crippen LogP contribution is 2.26. The normalized spacial score (nSPS) is 11.8. The van der Waals surface area contributed by atoms with E-state index < -0.39 is 27.0 Å². The van der Waals surface area contributed by atoms with Crippen LogP contribution in [0.4, 0.5) is 8.78 Å². The molecule has 0 bridgehead atoms. The monoisotopic (exact) mass is 238 g/mol. The molecule has 0 aliphatic heterocycles. The Morgan fingerprint density at radius 2 is 2.13 bits per heavy atom. The Hall–Kier alpha value is -1.28. The molecule has 15 heavy (non-hydrogen) atoms. The molecule has 0 aromatic carbocycles. The molecule has 1 rings (SSSR count). The van der Waals surface area contributed by atoms with Crippen LogP contribution in [0.15, 0.2) is 17.2 Å². The number of hydrogen-bond donors (Lipinski definition) is 1. The Balaban J connectivity index is 3.34. The maximum atomic E-state index is 12.2. The third-order valence-electron chi connectivity index (χ3n) is 1.60. The van der Waals surface area contributed by atoms with Gasteiger partial charge in [-0.2, -0.15) is 0 Å². The van der Waals surface area contributed by atoms with Crippen LogP contribution in [-0.4, -0.2) is 20.5 Å². The fraction of sp³-hybridized carbons (Fsp3) is 0.286. The molecule has 1 aromatic heterocycles. The molecule has 0 atom stereocenters. The predicted molar refractivity (Wildman–Crippen MR) is 47.1 cm³/mol. The summed E-state index contributed by atoms with van der Waals surface area (Å²) in [4.78, 5) is 2.84. The van der Waals surface area contributed by atoms with Gasteiger partial charge in [0.05, 0.1) is 13.3 Å². The Morgan fingerprint density at radius 3 is 2.53 bits per heavy atom. The first-order chi connectivity index (χ1) is 6.86. The highest BCUT2D eigenvalue weighted by molar-refractivity contribution is 7.89. The van der Waals surface area contributed by atoms with Gasteiger partial charge < -0.3 is 4.74 Å². The number of aromatic nitrogens is 1. The minimum absolute atomic E-state index is 0.247. The van der Waals surface area contributed by atoms with Crippen LogP contribution in [0.3, 0.4) is 0 Å². The third kappa shape index (κ3) is 2.60. The second-order valence-corrected chi connectivity index (χ2v) is 4.14. The van der Waals surface area contributed by atoms with Crippen molar-refractivity contribution < 1.29 is 21.9 Å². The predicted octanol–water partition coefficient (Wildman–Crippen LogP) is 0.675. The van der Waals surface area contributed by atoms with Crippen molar-refractivity contribution in [1.82, 2.24) is 4.98 Å². The van der Waals surface area contributed by atoms with Gasteiger partial charge in [0.2, 0.25) is 10.0 Å². The van der Waals surface area contributed by atoms with Crippen molar-refractivity contribution in [1.29, 1.82) is 0 Å². The van der Waals surface area contributed by atoms with E-state index in [0.717, 1.165) is 19.4 Å². The minimum Gasteiger partial charge on any atom is -0.495 e. The second-order valence-electron chi connectivity index (χ2n) is 2.61. The van der Waals surface area contributed by atoms with Crippen molar-refractivity contribution in [3.8, 4) is 5.75 Å². The molecular weight excluding hydrogens is 230 g/mol. The van der Waals surface area contributed by atoms with Gasteiger partial charge in [0.15, 0.2) is 0 Å². The lowest BCUT2D eigenvalue weighted by molar-refractivity contribution is 0.145. The first-order valence-corrected chi connectivity index (χ1v) is 5.25. The van der Waals surface area contributed by atoms with E-state index in [1.54, 1.807) is 0 Å². The number of pyridine rings is 1. The Bertz CT molecular complexity index is 461. The lowest BCUT2D eigenvalue weighted by Gasteiger charge is -2.07. The maximum Gasteiger partial charge on any atom is 0.280 e. The molecule has 0 aliphatic carbocycles. The molecule has 0 spiro atoms. The zero-order chi connectivity index (χ0) is 11.6. The number of alkyl halides is 2. The summed E-state index contributed by atoms with van der Waals surface area (Å²) < 4.78 is 51.0. The van der Waals surface area contributed by atoms with Gasteiger partial charge in [-0.05, 0) is 0 Å². The Kier molecular flexibility index (Phi) is 3.20. The molecule has 84 valence electrons. The minimum atomic E-state index is -4.02. The van der Waals surface area contributed by atoms with Crippen LogP contribution >= 0.6 is 0 Å². The van der Waals surface area contributed by atoms with E-state index in [4.69, 9.17) is 5.14 Å². The van der Waals surface area contributed by atoms with E-state index >= 15 is 0 Å². The van der Waals surface area contributed by atoms with E-state index in [2.05, 4.69) is 9.72 Å². The SMILES string of the molecule is COc1cc(C(F)F)ncc1S(N)(=O)=O. The zero-order valence-electron chi connectivity index (χ0n) is 7.65. The van der Waals surface area contributed by atoms with Crippen LogP contribution < -0.4 is 9.88 Å². The molecule has 1 heterocycles. The van der Waals surface area contributed by atoms with Crippen molar-refractivity contribution in [2.24, 2.45) is 5.14 Å². The third-order valence-corrected chi connectivity index (χ3v) is 2.52. The van der Waals surface area contributed by atoms with Gasteiger partial charge in [0, 0.05) is 6.07 Å². The summed E-state index contributed by atoms with van der Waals surface area (Å²) in [6.45, 7) is 0. The molecule has 2 N–H and O–H groups in total. The van der Waals surface area contributed by atoms with E-state index in [1.807, 2.05) is 0 Å². The molecule has 0 radical (unpaired) electrons. The van der Waals surface area contributed by atoms with E-state index in [-0.39, 0.29) is 5.75 Å². The number of primary sulfonamides is 1. The molecule has 5 nitrogen and oxygen atoms in total. The standard InChI is InChI=1S/C7H8F2N2O3S/c1-14-5-2-4(7(8)9)11-3-6(5)15(10,12)13/h2-3,7H,1H3,(H2,10,12,13). The first kappa shape index (κ1) is 11.8. The molecular formula is C7H8F2N2O3S. The highest BCUT2D eigenvalue weighted by Gasteiger charge is 2.19. The number of nitrogens with two attached hydrogens (primary N) is 1. The number of methoxy groups -OCH3 is 1. The summed E-state index contributed by atoms with van der Waals surface area (Å²) in [7, 11) is -2.87. The molecule has 8 heteroatoms. The number of nitrogens with zero attached hydrogens (tertiary/aromatic N) is 1. The second kappa shape index (κ2) is 4.07. The summed E-state index contributed by atoms with van der Waals surface area (Å²) >= 11 is 0. The number of rotatable bonds is 3. The number of ether oxygens (including phenoxy) is 1. The largest absolute Gasteiger partial charge is 0.495 e. The summed E-state index contributed by atoms with van der Waals surface area (Å²) in [6.07, 6.45) is -2.05. The lowest BCUT2D eigenvalue weighted by Crippen LogP contribution is -2.14. The van der Waals surface area contributed by atoms with Gasteiger partial charge in [-0.25, -0.2) is 22.3 Å². The summed E-state index contributed by atoms with van der Waals surface area (Å²) in [5.41, 5.74) is -0.570. The fourth-order valence-electron chi connectivity index (χ4n) is 0.932. The van der Waals surface area contributed by atoms with Gasteiger partial charge in [0.1, 0.15) is 16.3 Å². The van der Waals surface area contributed by atoms with Crippen LogP contribution in [-0.2, 0) is 10.0 Å². The quantitative estimate of drug-likeness (QED) is 0.839. The van der Waals surface area contributed by atoms with Gasteiger partial charge >= 0.3 is 0 Å². The van der Waals surface area contributed by atoms with E-state index in [0.29, 0.717) is 0 Å². The summed E-state index contributed by atoms with van der Waals surface area (Å²) in [6, 6.07) is 0.838. The van der Waals surface area contributed by atoms with Crippen LogP contribution in [0, 0.1) is 0 Å². The average Bonchev–Trinajstić information content (AvgIpc) is 2.15. The highest BCUT2D eigenvalue weighted by atomic mass is 32.2. The molecule has 0 saturated carbocycles. The molecule has 0 aliphatic rings. The number of halogens is 2.